The molecule has 3 heteroatoms. The summed E-state index contributed by atoms with van der Waals surface area (Å²) in [7, 11) is 0. The second-order valence-electron chi connectivity index (χ2n) is 7.81. The van der Waals surface area contributed by atoms with Gasteiger partial charge < -0.3 is 8.83 Å². The summed E-state index contributed by atoms with van der Waals surface area (Å²) >= 11 is 0. The highest BCUT2D eigenvalue weighted by Gasteiger charge is 2.21. The van der Waals surface area contributed by atoms with Crippen LogP contribution in [0, 0.1) is 6.85 Å². The van der Waals surface area contributed by atoms with Crippen molar-refractivity contribution in [2.75, 3.05) is 0 Å². The van der Waals surface area contributed by atoms with Gasteiger partial charge in [0.25, 0.3) is 0 Å². The Kier molecular flexibility index (Phi) is 2.81. The zero-order valence-electron chi connectivity index (χ0n) is 20.6. The smallest absolute Gasteiger partial charge is 0.145 e. The number of aryl methyl sites for hydroxylation is 1. The lowest BCUT2D eigenvalue weighted by molar-refractivity contribution is 0.663. The Morgan fingerprint density at radius 1 is 0.867 bits per heavy atom. The summed E-state index contributed by atoms with van der Waals surface area (Å²) in [6, 6.07) is 19.3. The van der Waals surface area contributed by atoms with Crippen molar-refractivity contribution in [2.45, 2.75) is 26.6 Å². The number of hydrogen-bond donors (Lipinski definition) is 0. The summed E-state index contributed by atoms with van der Waals surface area (Å²) in [5, 5.41) is 3.87. The molecule has 3 heterocycles. The van der Waals surface area contributed by atoms with E-state index in [1.807, 2.05) is 54.6 Å². The third-order valence-corrected chi connectivity index (χ3v) is 5.71. The molecule has 0 unspecified atom stereocenters. The molecule has 3 nitrogen and oxygen atoms in total. The van der Waals surface area contributed by atoms with Crippen LogP contribution < -0.4 is 0 Å². The monoisotopic (exact) mass is 395 g/mol. The fourth-order valence-electron chi connectivity index (χ4n) is 4.31. The van der Waals surface area contributed by atoms with Gasteiger partial charge in [-0.15, -0.1) is 0 Å². The highest BCUT2D eigenvalue weighted by molar-refractivity contribution is 6.28. The minimum absolute atomic E-state index is 0.0851. The van der Waals surface area contributed by atoms with Crippen LogP contribution in [0.2, 0.25) is 0 Å². The van der Waals surface area contributed by atoms with E-state index in [1.165, 1.54) is 6.20 Å². The predicted molar refractivity (Wildman–Crippen MR) is 123 cm³/mol. The Hall–Kier alpha value is -3.59. The summed E-state index contributed by atoms with van der Waals surface area (Å²) in [6.07, 6.45) is 1.37. The van der Waals surface area contributed by atoms with E-state index in [4.69, 9.17) is 14.3 Å². The standard InChI is InChI=1S/C27H21NO2/c1-15(2)19-12-21(28-14-16(19)3)20-13-24-25(17-8-4-6-10-22(17)29-24)26-18-9-5-7-11-23(18)30-27(20)26/h4-15H,1-3H3/i3D3,15D. The summed E-state index contributed by atoms with van der Waals surface area (Å²) < 4.78 is 44.9. The normalized spacial score (nSPS) is 14.9. The van der Waals surface area contributed by atoms with E-state index in [0.29, 0.717) is 28.0 Å². The summed E-state index contributed by atoms with van der Waals surface area (Å²) in [5.41, 5.74) is 4.60. The second kappa shape index (κ2) is 6.20. The van der Waals surface area contributed by atoms with Crippen LogP contribution in [0.25, 0.3) is 55.1 Å². The van der Waals surface area contributed by atoms with Gasteiger partial charge in [-0.05, 0) is 48.1 Å². The number of rotatable bonds is 2. The molecule has 3 aromatic heterocycles. The number of benzene rings is 3. The molecule has 0 aliphatic heterocycles. The van der Waals surface area contributed by atoms with Crippen molar-refractivity contribution in [2.24, 2.45) is 0 Å². The third-order valence-electron chi connectivity index (χ3n) is 5.71. The van der Waals surface area contributed by atoms with Crippen molar-refractivity contribution < 1.29 is 14.3 Å². The lowest BCUT2D eigenvalue weighted by Crippen LogP contribution is -1.95. The van der Waals surface area contributed by atoms with Gasteiger partial charge in [0.15, 0.2) is 0 Å². The van der Waals surface area contributed by atoms with Crippen molar-refractivity contribution in [1.82, 2.24) is 4.98 Å². The van der Waals surface area contributed by atoms with Gasteiger partial charge in [0.2, 0.25) is 0 Å². The summed E-state index contributed by atoms with van der Waals surface area (Å²) in [6.45, 7) is 0.998. The lowest BCUT2D eigenvalue weighted by atomic mass is 9.96. The molecular formula is C27H21NO2. The highest BCUT2D eigenvalue weighted by atomic mass is 16.3. The quantitative estimate of drug-likeness (QED) is 0.298. The maximum Gasteiger partial charge on any atom is 0.145 e. The van der Waals surface area contributed by atoms with Crippen LogP contribution >= 0.6 is 0 Å². The van der Waals surface area contributed by atoms with Crippen molar-refractivity contribution in [3.63, 3.8) is 0 Å². The van der Waals surface area contributed by atoms with E-state index in [1.54, 1.807) is 19.9 Å². The van der Waals surface area contributed by atoms with Gasteiger partial charge >= 0.3 is 0 Å². The number of furan rings is 2. The fourth-order valence-corrected chi connectivity index (χ4v) is 4.31. The zero-order chi connectivity index (χ0) is 23.8. The van der Waals surface area contributed by atoms with Crippen LogP contribution in [-0.4, -0.2) is 4.98 Å². The van der Waals surface area contributed by atoms with Crippen LogP contribution in [-0.2, 0) is 0 Å². The first kappa shape index (κ1) is 13.6. The number of para-hydroxylation sites is 2. The molecule has 0 radical (unpaired) electrons. The zero-order valence-corrected chi connectivity index (χ0v) is 16.6. The molecule has 0 atom stereocenters. The molecule has 0 saturated heterocycles. The molecule has 0 amide bonds. The van der Waals surface area contributed by atoms with Crippen molar-refractivity contribution in [3.05, 3.63) is 78.0 Å². The average molecular weight is 395 g/mol. The lowest BCUT2D eigenvalue weighted by Gasteiger charge is -2.11. The summed E-state index contributed by atoms with van der Waals surface area (Å²) in [5.74, 6) is -1.13. The molecule has 0 aliphatic carbocycles. The Morgan fingerprint density at radius 3 is 2.30 bits per heavy atom. The number of aromatic nitrogens is 1. The third kappa shape index (κ3) is 2.35. The molecular weight excluding hydrogens is 370 g/mol. The van der Waals surface area contributed by atoms with Crippen LogP contribution in [0.5, 0.6) is 0 Å². The number of pyridine rings is 1. The molecule has 6 aromatic rings. The minimum atomic E-state index is -2.36. The van der Waals surface area contributed by atoms with E-state index >= 15 is 0 Å². The molecule has 0 spiro atoms. The van der Waals surface area contributed by atoms with Gasteiger partial charge in [0, 0.05) is 38.8 Å². The van der Waals surface area contributed by atoms with E-state index in [9.17, 15) is 0 Å². The molecule has 30 heavy (non-hydrogen) atoms. The van der Waals surface area contributed by atoms with Crippen LogP contribution in [0.4, 0.5) is 0 Å². The number of fused-ring (bicyclic) bond motifs is 7. The summed E-state index contributed by atoms with van der Waals surface area (Å²) in [4.78, 5) is 4.53. The van der Waals surface area contributed by atoms with Gasteiger partial charge in [-0.25, -0.2) is 0 Å². The van der Waals surface area contributed by atoms with E-state index in [-0.39, 0.29) is 5.56 Å². The largest absolute Gasteiger partial charge is 0.456 e. The van der Waals surface area contributed by atoms with E-state index < -0.39 is 12.7 Å². The first-order chi connectivity index (χ1) is 16.1. The molecule has 0 aliphatic rings. The van der Waals surface area contributed by atoms with Gasteiger partial charge in [0.05, 0.1) is 5.69 Å². The van der Waals surface area contributed by atoms with Gasteiger partial charge in [-0.2, -0.15) is 0 Å². The SMILES string of the molecule is [2H]C([2H])([2H])c1cnc(-c2cc3oc4ccccc4c3c3c2oc2ccccc23)cc1C([2H])(C)C. The van der Waals surface area contributed by atoms with E-state index in [0.717, 1.165) is 32.7 Å². The van der Waals surface area contributed by atoms with Crippen LogP contribution in [0.15, 0.2) is 75.7 Å². The predicted octanol–water partition coefficient (Wildman–Crippen LogP) is 7.98. The first-order valence-electron chi connectivity index (χ1n) is 11.9. The Bertz CT molecular complexity index is 1740. The molecule has 6 rings (SSSR count). The average Bonchev–Trinajstić information content (AvgIpc) is 3.35. The fraction of sp³-hybridized carbons (Fsp3) is 0.148. The number of hydrogen-bond acceptors (Lipinski definition) is 3. The van der Waals surface area contributed by atoms with Gasteiger partial charge in [-0.1, -0.05) is 50.2 Å². The Morgan fingerprint density at radius 2 is 1.57 bits per heavy atom. The van der Waals surface area contributed by atoms with Gasteiger partial charge in [-0.3, -0.25) is 4.98 Å². The van der Waals surface area contributed by atoms with Crippen LogP contribution in [0.1, 0.15) is 36.4 Å². The number of nitrogens with zero attached hydrogens (tertiary/aromatic N) is 1. The highest BCUT2D eigenvalue weighted by Crippen LogP contribution is 2.44. The Labute approximate surface area is 179 Å². The molecule has 0 bridgehead atoms. The minimum Gasteiger partial charge on any atom is -0.456 e. The topological polar surface area (TPSA) is 39.2 Å². The molecule has 146 valence electrons. The van der Waals surface area contributed by atoms with Crippen molar-refractivity contribution in [3.8, 4) is 11.3 Å². The van der Waals surface area contributed by atoms with Crippen molar-refractivity contribution >= 4 is 43.9 Å². The maximum atomic E-state index is 8.59. The second-order valence-corrected chi connectivity index (χ2v) is 7.81. The Balaban J connectivity index is 1.76. The van der Waals surface area contributed by atoms with Crippen LogP contribution in [0.3, 0.4) is 0 Å². The molecule has 0 N–H and O–H groups in total. The molecule has 0 fully saturated rings. The molecule has 3 aromatic carbocycles. The van der Waals surface area contributed by atoms with E-state index in [2.05, 4.69) is 4.98 Å². The van der Waals surface area contributed by atoms with Crippen molar-refractivity contribution in [1.29, 1.82) is 0 Å². The molecule has 0 saturated carbocycles. The van der Waals surface area contributed by atoms with Gasteiger partial charge in [0.1, 0.15) is 22.3 Å². The first-order valence-corrected chi connectivity index (χ1v) is 9.90. The maximum absolute atomic E-state index is 8.59.